The molecule has 0 spiro atoms. The summed E-state index contributed by atoms with van der Waals surface area (Å²) < 4.78 is 0. The maximum Gasteiger partial charge on any atom is 0.271 e. The van der Waals surface area contributed by atoms with Crippen molar-refractivity contribution in [2.45, 2.75) is 26.3 Å². The third-order valence-corrected chi connectivity index (χ3v) is 3.51. The summed E-state index contributed by atoms with van der Waals surface area (Å²) >= 11 is 0. The van der Waals surface area contributed by atoms with Crippen molar-refractivity contribution >= 4 is 11.7 Å². The van der Waals surface area contributed by atoms with Crippen molar-refractivity contribution in [2.75, 3.05) is 24.5 Å². The van der Waals surface area contributed by atoms with E-state index in [1.807, 2.05) is 13.0 Å². The number of amides is 1. The lowest BCUT2D eigenvalue weighted by atomic mass is 10.1. The highest BCUT2D eigenvalue weighted by Gasteiger charge is 2.29. The first-order chi connectivity index (χ1) is 9.15. The van der Waals surface area contributed by atoms with Crippen LogP contribution < -0.4 is 16.0 Å². The first-order valence-electron chi connectivity index (χ1n) is 6.74. The van der Waals surface area contributed by atoms with Gasteiger partial charge in [0.1, 0.15) is 0 Å². The average molecular weight is 263 g/mol. The molecule has 6 nitrogen and oxygen atoms in total. The molecule has 0 aliphatic carbocycles. The minimum absolute atomic E-state index is 0.184. The first-order valence-corrected chi connectivity index (χ1v) is 6.74. The van der Waals surface area contributed by atoms with Crippen molar-refractivity contribution in [1.29, 1.82) is 0 Å². The Balaban J connectivity index is 2.08. The van der Waals surface area contributed by atoms with Crippen molar-refractivity contribution in [3.8, 4) is 0 Å². The molecular weight excluding hydrogens is 242 g/mol. The van der Waals surface area contributed by atoms with Gasteiger partial charge in [-0.25, -0.2) is 0 Å². The van der Waals surface area contributed by atoms with Crippen LogP contribution in [0.3, 0.4) is 0 Å². The summed E-state index contributed by atoms with van der Waals surface area (Å²) in [6.07, 6.45) is 1.08. The highest BCUT2D eigenvalue weighted by molar-refractivity contribution is 5.92. The summed E-state index contributed by atoms with van der Waals surface area (Å²) in [6.45, 7) is 6.23. The van der Waals surface area contributed by atoms with E-state index in [1.165, 1.54) is 0 Å². The van der Waals surface area contributed by atoms with Gasteiger partial charge in [-0.15, -0.1) is 10.2 Å². The Labute approximate surface area is 113 Å². The van der Waals surface area contributed by atoms with Crippen molar-refractivity contribution < 1.29 is 4.79 Å². The van der Waals surface area contributed by atoms with E-state index in [0.717, 1.165) is 18.8 Å². The molecule has 1 aliphatic rings. The molecule has 2 atom stereocenters. The number of carbonyl (C=O) groups excluding carboxylic acids is 1. The van der Waals surface area contributed by atoms with Gasteiger partial charge in [0.2, 0.25) is 0 Å². The maximum absolute atomic E-state index is 11.6. The van der Waals surface area contributed by atoms with Gasteiger partial charge in [0.15, 0.2) is 11.5 Å². The van der Waals surface area contributed by atoms with Crippen LogP contribution in [0.4, 0.5) is 5.82 Å². The number of aromatic nitrogens is 2. The predicted octanol–water partition coefficient (Wildman–Crippen LogP) is 0.400. The number of anilines is 1. The Hall–Kier alpha value is -1.69. The maximum atomic E-state index is 11.6. The van der Waals surface area contributed by atoms with E-state index < -0.39 is 0 Å². The molecule has 0 radical (unpaired) electrons. The molecule has 6 heteroatoms. The Bertz CT molecular complexity index is 433. The van der Waals surface area contributed by atoms with Gasteiger partial charge in [0, 0.05) is 19.1 Å². The molecule has 3 N–H and O–H groups in total. The highest BCUT2D eigenvalue weighted by atomic mass is 16.1. The molecule has 1 fully saturated rings. The molecule has 1 amide bonds. The number of hydrogen-bond acceptors (Lipinski definition) is 5. The Morgan fingerprint density at radius 2 is 2.32 bits per heavy atom. The molecule has 1 aliphatic heterocycles. The highest BCUT2D eigenvalue weighted by Crippen LogP contribution is 2.26. The van der Waals surface area contributed by atoms with Crippen LogP contribution in [0.5, 0.6) is 0 Å². The molecule has 1 aromatic rings. The van der Waals surface area contributed by atoms with Crippen LogP contribution in [0.25, 0.3) is 0 Å². The monoisotopic (exact) mass is 263 g/mol. The van der Waals surface area contributed by atoms with Crippen LogP contribution in [0.15, 0.2) is 12.1 Å². The second kappa shape index (κ2) is 5.97. The zero-order chi connectivity index (χ0) is 13.8. The van der Waals surface area contributed by atoms with Crippen molar-refractivity contribution in [1.82, 2.24) is 15.5 Å². The number of nitrogens with zero attached hydrogens (tertiary/aromatic N) is 3. The third-order valence-electron chi connectivity index (χ3n) is 3.51. The number of carbonyl (C=O) groups is 1. The molecule has 1 aromatic heterocycles. The standard InChI is InChI=1S/C13H21N5O/c1-3-15-13(19)11-4-5-12(17-16-11)18-8-10(7-14)6-9(18)2/h4-5,9-10H,3,6-8,14H2,1-2H3,(H,15,19). The fourth-order valence-electron chi connectivity index (χ4n) is 2.48. The van der Waals surface area contributed by atoms with Crippen molar-refractivity contribution in [3.05, 3.63) is 17.8 Å². The smallest absolute Gasteiger partial charge is 0.271 e. The van der Waals surface area contributed by atoms with E-state index in [2.05, 4.69) is 27.3 Å². The minimum atomic E-state index is -0.184. The summed E-state index contributed by atoms with van der Waals surface area (Å²) in [4.78, 5) is 13.8. The summed E-state index contributed by atoms with van der Waals surface area (Å²) in [5.41, 5.74) is 6.07. The molecule has 0 aromatic carbocycles. The van der Waals surface area contributed by atoms with Gasteiger partial charge >= 0.3 is 0 Å². The molecule has 2 unspecified atom stereocenters. The molecule has 1 saturated heterocycles. The average Bonchev–Trinajstić information content (AvgIpc) is 2.80. The van der Waals surface area contributed by atoms with Gasteiger partial charge in [0.25, 0.3) is 5.91 Å². The fourth-order valence-corrected chi connectivity index (χ4v) is 2.48. The molecule has 2 rings (SSSR count). The second-order valence-electron chi connectivity index (χ2n) is 4.98. The number of nitrogens with one attached hydrogen (secondary N) is 1. The molecule has 104 valence electrons. The van der Waals surface area contributed by atoms with Gasteiger partial charge in [-0.1, -0.05) is 0 Å². The Kier molecular flexibility index (Phi) is 4.31. The van der Waals surface area contributed by atoms with Crippen LogP contribution >= 0.6 is 0 Å². The van der Waals surface area contributed by atoms with E-state index in [1.54, 1.807) is 6.07 Å². The van der Waals surface area contributed by atoms with Crippen LogP contribution in [-0.4, -0.2) is 41.8 Å². The van der Waals surface area contributed by atoms with Crippen LogP contribution in [-0.2, 0) is 0 Å². The molecular formula is C13H21N5O. The lowest BCUT2D eigenvalue weighted by molar-refractivity contribution is 0.0950. The van der Waals surface area contributed by atoms with E-state index in [0.29, 0.717) is 30.7 Å². The lowest BCUT2D eigenvalue weighted by Gasteiger charge is -2.21. The molecule has 2 heterocycles. The molecule has 0 bridgehead atoms. The Morgan fingerprint density at radius 3 is 2.84 bits per heavy atom. The summed E-state index contributed by atoms with van der Waals surface area (Å²) in [6, 6.07) is 3.99. The van der Waals surface area contributed by atoms with Crippen LogP contribution in [0, 0.1) is 5.92 Å². The summed E-state index contributed by atoms with van der Waals surface area (Å²) in [5, 5.41) is 10.9. The van der Waals surface area contributed by atoms with E-state index in [9.17, 15) is 4.79 Å². The third kappa shape index (κ3) is 3.01. The quantitative estimate of drug-likeness (QED) is 0.821. The van der Waals surface area contributed by atoms with E-state index >= 15 is 0 Å². The van der Waals surface area contributed by atoms with Crippen LogP contribution in [0.1, 0.15) is 30.8 Å². The van der Waals surface area contributed by atoms with Gasteiger partial charge in [-0.05, 0) is 44.9 Å². The number of hydrogen-bond donors (Lipinski definition) is 2. The summed E-state index contributed by atoms with van der Waals surface area (Å²) in [5.74, 6) is 1.15. The molecule has 0 saturated carbocycles. The van der Waals surface area contributed by atoms with Gasteiger partial charge < -0.3 is 16.0 Å². The number of nitrogens with two attached hydrogens (primary N) is 1. The zero-order valence-electron chi connectivity index (χ0n) is 11.5. The fraction of sp³-hybridized carbons (Fsp3) is 0.615. The van der Waals surface area contributed by atoms with Gasteiger partial charge in [-0.2, -0.15) is 0 Å². The van der Waals surface area contributed by atoms with Crippen molar-refractivity contribution in [2.24, 2.45) is 11.7 Å². The SMILES string of the molecule is CCNC(=O)c1ccc(N2CC(CN)CC2C)nn1. The normalized spacial score (nSPS) is 22.6. The molecule has 19 heavy (non-hydrogen) atoms. The zero-order valence-corrected chi connectivity index (χ0v) is 11.5. The largest absolute Gasteiger partial charge is 0.352 e. The van der Waals surface area contributed by atoms with Gasteiger partial charge in [0.05, 0.1) is 0 Å². The topological polar surface area (TPSA) is 84.1 Å². The second-order valence-corrected chi connectivity index (χ2v) is 4.98. The predicted molar refractivity (Wildman–Crippen MR) is 74.0 cm³/mol. The van der Waals surface area contributed by atoms with Crippen molar-refractivity contribution in [3.63, 3.8) is 0 Å². The Morgan fingerprint density at radius 1 is 1.53 bits per heavy atom. The van der Waals surface area contributed by atoms with E-state index in [4.69, 9.17) is 5.73 Å². The summed E-state index contributed by atoms with van der Waals surface area (Å²) in [7, 11) is 0. The van der Waals surface area contributed by atoms with Gasteiger partial charge in [-0.3, -0.25) is 4.79 Å². The van der Waals surface area contributed by atoms with Crippen LogP contribution in [0.2, 0.25) is 0 Å². The minimum Gasteiger partial charge on any atom is -0.352 e. The van der Waals surface area contributed by atoms with E-state index in [-0.39, 0.29) is 5.91 Å². The number of rotatable bonds is 4. The first kappa shape index (κ1) is 13.7. The lowest BCUT2D eigenvalue weighted by Crippen LogP contribution is -2.29.